The van der Waals surface area contributed by atoms with E-state index in [4.69, 9.17) is 9.97 Å². The van der Waals surface area contributed by atoms with Gasteiger partial charge in [-0.3, -0.25) is 15.0 Å². The van der Waals surface area contributed by atoms with Crippen molar-refractivity contribution in [3.63, 3.8) is 0 Å². The molecule has 3 aromatic rings. The lowest BCUT2D eigenvalue weighted by atomic mass is 10.1. The third-order valence-corrected chi connectivity index (χ3v) is 7.05. The van der Waals surface area contributed by atoms with Gasteiger partial charge < -0.3 is 9.47 Å². The van der Waals surface area contributed by atoms with Gasteiger partial charge in [-0.1, -0.05) is 11.3 Å². The van der Waals surface area contributed by atoms with Crippen LogP contribution in [0.25, 0.3) is 10.2 Å². The van der Waals surface area contributed by atoms with Gasteiger partial charge in [0.05, 0.1) is 26.5 Å². The van der Waals surface area contributed by atoms with Gasteiger partial charge >= 0.3 is 0 Å². The highest BCUT2D eigenvalue weighted by Gasteiger charge is 2.24. The molecule has 8 nitrogen and oxygen atoms in total. The first kappa shape index (κ1) is 18.5. The normalized spacial score (nSPS) is 17.6. The van der Waals surface area contributed by atoms with Gasteiger partial charge in [-0.2, -0.15) is 0 Å². The zero-order valence-electron chi connectivity index (χ0n) is 16.5. The van der Waals surface area contributed by atoms with Crippen molar-refractivity contribution in [2.45, 2.75) is 39.3 Å². The van der Waals surface area contributed by atoms with Crippen molar-refractivity contribution in [2.75, 3.05) is 31.1 Å². The largest absolute Gasteiger partial charge is 0.345 e. The molecule has 0 atom stereocenters. The molecule has 0 amide bonds. The molecular weight excluding hydrogens is 388 g/mol. The zero-order valence-corrected chi connectivity index (χ0v) is 17.3. The van der Waals surface area contributed by atoms with Crippen molar-refractivity contribution in [1.29, 1.82) is 0 Å². The highest BCUT2D eigenvalue weighted by molar-refractivity contribution is 7.22. The van der Waals surface area contributed by atoms with E-state index in [0.717, 1.165) is 61.0 Å². The topological polar surface area (TPSA) is 80.3 Å². The number of piperazine rings is 1. The van der Waals surface area contributed by atoms with Crippen LogP contribution in [0.2, 0.25) is 0 Å². The number of non-ortho nitro benzene ring substituents is 1. The van der Waals surface area contributed by atoms with Crippen LogP contribution in [0.5, 0.6) is 0 Å². The Kier molecular flexibility index (Phi) is 4.71. The molecule has 4 heterocycles. The molecule has 0 spiro atoms. The van der Waals surface area contributed by atoms with Crippen LogP contribution in [0.4, 0.5) is 10.8 Å². The van der Waals surface area contributed by atoms with Gasteiger partial charge in [0.1, 0.15) is 5.82 Å². The number of fused-ring (bicyclic) bond motifs is 2. The summed E-state index contributed by atoms with van der Waals surface area (Å²) in [5.41, 5.74) is 3.51. The monoisotopic (exact) mass is 412 g/mol. The number of rotatable bonds is 4. The zero-order chi connectivity index (χ0) is 20.0. The fourth-order valence-electron chi connectivity index (χ4n) is 4.34. The Hall–Kier alpha value is -2.52. The Bertz CT molecular complexity index is 1070. The molecule has 2 aliphatic heterocycles. The highest BCUT2D eigenvalue weighted by atomic mass is 32.1. The second-order valence-corrected chi connectivity index (χ2v) is 8.85. The van der Waals surface area contributed by atoms with E-state index >= 15 is 0 Å². The Morgan fingerprint density at radius 3 is 2.76 bits per heavy atom. The number of nitro benzene ring substituents is 1. The lowest BCUT2D eigenvalue weighted by molar-refractivity contribution is -0.384. The standard InChI is InChI=1S/C20H24N6O2S/c1-14-17(25-7-3-2-4-19(25)21-14)13-23-8-10-24(11-9-23)20-22-16-6-5-15(26(27)28)12-18(16)29-20/h5-6,12H,2-4,7-11,13H2,1H3. The molecule has 0 aliphatic carbocycles. The quantitative estimate of drug-likeness (QED) is 0.483. The summed E-state index contributed by atoms with van der Waals surface area (Å²) in [7, 11) is 0. The van der Waals surface area contributed by atoms with Crippen LogP contribution in [0.1, 0.15) is 30.1 Å². The predicted octanol–water partition coefficient (Wildman–Crippen LogP) is 3.37. The average Bonchev–Trinajstić information content (AvgIpc) is 3.29. The van der Waals surface area contributed by atoms with E-state index in [1.54, 1.807) is 23.5 Å². The number of benzene rings is 1. The summed E-state index contributed by atoms with van der Waals surface area (Å²) in [6.07, 6.45) is 3.60. The van der Waals surface area contributed by atoms with Crippen molar-refractivity contribution < 1.29 is 4.92 Å². The molecule has 0 saturated carbocycles. The molecule has 2 aromatic heterocycles. The van der Waals surface area contributed by atoms with Crippen LogP contribution >= 0.6 is 11.3 Å². The maximum Gasteiger partial charge on any atom is 0.270 e. The SMILES string of the molecule is Cc1nc2n(c1CN1CCN(c3nc4ccc([N+](=O)[O-])cc4s3)CC1)CCCC2. The number of hydrogen-bond donors (Lipinski definition) is 0. The van der Waals surface area contributed by atoms with Crippen molar-refractivity contribution in [3.8, 4) is 0 Å². The first-order valence-electron chi connectivity index (χ1n) is 10.2. The van der Waals surface area contributed by atoms with Crippen molar-refractivity contribution in [2.24, 2.45) is 0 Å². The van der Waals surface area contributed by atoms with E-state index < -0.39 is 0 Å². The molecule has 0 bridgehead atoms. The lowest BCUT2D eigenvalue weighted by Crippen LogP contribution is -2.46. The number of anilines is 1. The van der Waals surface area contributed by atoms with Gasteiger partial charge in [0, 0.05) is 57.8 Å². The number of thiazole rings is 1. The smallest absolute Gasteiger partial charge is 0.270 e. The minimum Gasteiger partial charge on any atom is -0.345 e. The number of aryl methyl sites for hydroxylation is 2. The molecule has 9 heteroatoms. The summed E-state index contributed by atoms with van der Waals surface area (Å²) in [5, 5.41) is 12.0. The highest BCUT2D eigenvalue weighted by Crippen LogP contribution is 2.32. The molecular formula is C20H24N6O2S. The third kappa shape index (κ3) is 3.49. The molecule has 0 N–H and O–H groups in total. The van der Waals surface area contributed by atoms with Crippen LogP contribution in [0.15, 0.2) is 18.2 Å². The van der Waals surface area contributed by atoms with E-state index in [2.05, 4.69) is 21.3 Å². The first-order valence-corrected chi connectivity index (χ1v) is 11.0. The second kappa shape index (κ2) is 7.38. The number of aromatic nitrogens is 3. The Morgan fingerprint density at radius 1 is 1.14 bits per heavy atom. The van der Waals surface area contributed by atoms with Crippen LogP contribution in [-0.4, -0.2) is 50.5 Å². The predicted molar refractivity (Wildman–Crippen MR) is 114 cm³/mol. The number of imidazole rings is 1. The molecule has 29 heavy (non-hydrogen) atoms. The number of hydrogen-bond acceptors (Lipinski definition) is 7. The molecule has 1 saturated heterocycles. The van der Waals surface area contributed by atoms with Gasteiger partial charge in [0.2, 0.25) is 0 Å². The molecule has 5 rings (SSSR count). The van der Waals surface area contributed by atoms with Crippen LogP contribution < -0.4 is 4.90 Å². The maximum atomic E-state index is 11.0. The van der Waals surface area contributed by atoms with E-state index in [9.17, 15) is 10.1 Å². The molecule has 152 valence electrons. The molecule has 1 fully saturated rings. The maximum absolute atomic E-state index is 11.0. The molecule has 0 radical (unpaired) electrons. The Labute approximate surface area is 172 Å². The minimum absolute atomic E-state index is 0.122. The summed E-state index contributed by atoms with van der Waals surface area (Å²) in [6, 6.07) is 4.89. The summed E-state index contributed by atoms with van der Waals surface area (Å²) in [5.74, 6) is 1.26. The van der Waals surface area contributed by atoms with Crippen molar-refractivity contribution in [3.05, 3.63) is 45.5 Å². The van der Waals surface area contributed by atoms with Gasteiger partial charge in [0.15, 0.2) is 5.13 Å². The van der Waals surface area contributed by atoms with Gasteiger partial charge in [-0.15, -0.1) is 0 Å². The van der Waals surface area contributed by atoms with Crippen molar-refractivity contribution >= 4 is 32.4 Å². The van der Waals surface area contributed by atoms with Crippen LogP contribution in [0.3, 0.4) is 0 Å². The number of nitrogens with zero attached hydrogens (tertiary/aromatic N) is 6. The summed E-state index contributed by atoms with van der Waals surface area (Å²) in [6.45, 7) is 8.00. The molecule has 0 unspecified atom stereocenters. The van der Waals surface area contributed by atoms with E-state index in [1.807, 2.05) is 0 Å². The van der Waals surface area contributed by atoms with Crippen molar-refractivity contribution in [1.82, 2.24) is 19.4 Å². The van der Waals surface area contributed by atoms with Gasteiger partial charge in [0.25, 0.3) is 5.69 Å². The van der Waals surface area contributed by atoms with E-state index in [-0.39, 0.29) is 10.6 Å². The summed E-state index contributed by atoms with van der Waals surface area (Å²) in [4.78, 5) is 24.9. The fourth-order valence-corrected chi connectivity index (χ4v) is 5.39. The van der Waals surface area contributed by atoms with Crippen LogP contribution in [0, 0.1) is 17.0 Å². The van der Waals surface area contributed by atoms with E-state index in [0.29, 0.717) is 0 Å². The van der Waals surface area contributed by atoms with Gasteiger partial charge in [-0.05, 0) is 25.8 Å². The summed E-state index contributed by atoms with van der Waals surface area (Å²) < 4.78 is 3.31. The third-order valence-electron chi connectivity index (χ3n) is 5.97. The van der Waals surface area contributed by atoms with Crippen LogP contribution in [-0.2, 0) is 19.5 Å². The number of nitro groups is 1. The Morgan fingerprint density at radius 2 is 1.97 bits per heavy atom. The fraction of sp³-hybridized carbons (Fsp3) is 0.500. The second-order valence-electron chi connectivity index (χ2n) is 7.84. The summed E-state index contributed by atoms with van der Waals surface area (Å²) >= 11 is 1.54. The molecule has 1 aromatic carbocycles. The Balaban J connectivity index is 1.27. The average molecular weight is 413 g/mol. The molecule has 2 aliphatic rings. The first-order chi connectivity index (χ1) is 14.1. The lowest BCUT2D eigenvalue weighted by Gasteiger charge is -2.34. The van der Waals surface area contributed by atoms with E-state index in [1.165, 1.54) is 36.1 Å². The van der Waals surface area contributed by atoms with Gasteiger partial charge in [-0.25, -0.2) is 9.97 Å². The minimum atomic E-state index is -0.352.